The molecule has 1 saturated heterocycles. The second-order valence-electron chi connectivity index (χ2n) is 7.61. The summed E-state index contributed by atoms with van der Waals surface area (Å²) >= 11 is 0. The van der Waals surface area contributed by atoms with Gasteiger partial charge in [-0.05, 0) is 48.5 Å². The minimum absolute atomic E-state index is 0.428. The zero-order valence-electron chi connectivity index (χ0n) is 17.4. The molecular weight excluding hydrogens is 404 g/mol. The van der Waals surface area contributed by atoms with Gasteiger partial charge in [0.05, 0.1) is 5.39 Å². The average Bonchev–Trinajstić information content (AvgIpc) is 3.29. The number of H-pyrrole nitrogens is 1. The van der Waals surface area contributed by atoms with Crippen LogP contribution in [0.2, 0.25) is 0 Å². The maximum atomic E-state index is 11.5. The molecule has 0 aliphatic carbocycles. The lowest BCUT2D eigenvalue weighted by molar-refractivity contribution is 0.100. The van der Waals surface area contributed by atoms with Gasteiger partial charge in [-0.3, -0.25) is 4.79 Å². The number of hydrogen-bond acceptors (Lipinski definition) is 7. The van der Waals surface area contributed by atoms with Gasteiger partial charge in [0, 0.05) is 55.0 Å². The Balaban J connectivity index is 1.39. The van der Waals surface area contributed by atoms with E-state index >= 15 is 0 Å². The Labute approximate surface area is 185 Å². The summed E-state index contributed by atoms with van der Waals surface area (Å²) in [5, 5.41) is 10.8. The lowest BCUT2D eigenvalue weighted by Crippen LogP contribution is -2.43. The van der Waals surface area contributed by atoms with Crippen LogP contribution in [0.1, 0.15) is 10.4 Å². The van der Waals surface area contributed by atoms with Crippen molar-refractivity contribution < 1.29 is 4.79 Å². The number of nitrogens with two attached hydrogens (primary N) is 1. The fourth-order valence-electron chi connectivity index (χ4n) is 3.79. The molecule has 2 aromatic heterocycles. The van der Waals surface area contributed by atoms with E-state index in [4.69, 9.17) is 5.73 Å². The minimum Gasteiger partial charge on any atom is -0.369 e. The molecule has 0 spiro atoms. The number of carbonyl (C=O) groups is 1. The van der Waals surface area contributed by atoms with Crippen LogP contribution in [0.15, 0.2) is 60.8 Å². The van der Waals surface area contributed by atoms with Gasteiger partial charge in [-0.25, -0.2) is 0 Å². The second kappa shape index (κ2) is 8.56. The number of nitrogens with zero attached hydrogens (tertiary/aromatic N) is 3. The zero-order valence-corrected chi connectivity index (χ0v) is 17.4. The van der Waals surface area contributed by atoms with Crippen LogP contribution in [0.4, 0.5) is 28.8 Å². The molecule has 0 radical (unpaired) electrons. The van der Waals surface area contributed by atoms with Gasteiger partial charge in [0.15, 0.2) is 0 Å². The van der Waals surface area contributed by atoms with Gasteiger partial charge < -0.3 is 31.6 Å². The molecule has 0 saturated carbocycles. The van der Waals surface area contributed by atoms with Crippen LogP contribution in [0.5, 0.6) is 0 Å². The molecule has 3 heterocycles. The summed E-state index contributed by atoms with van der Waals surface area (Å²) in [5.41, 5.74) is 9.35. The topological polar surface area (TPSA) is 124 Å². The summed E-state index contributed by atoms with van der Waals surface area (Å²) in [5.74, 6) is 0.607. The molecule has 4 aromatic rings. The maximum absolute atomic E-state index is 11.5. The number of aromatic nitrogens is 3. The fraction of sp³-hybridized carbons (Fsp3) is 0.174. The van der Waals surface area contributed by atoms with Crippen molar-refractivity contribution in [2.75, 3.05) is 41.7 Å². The van der Waals surface area contributed by atoms with Gasteiger partial charge in [-0.1, -0.05) is 6.07 Å². The van der Waals surface area contributed by atoms with Crippen LogP contribution in [0.3, 0.4) is 0 Å². The number of carbonyl (C=O) groups excluding carboxylic acids is 1. The van der Waals surface area contributed by atoms with Gasteiger partial charge >= 0.3 is 0 Å². The largest absolute Gasteiger partial charge is 0.369 e. The molecule has 32 heavy (non-hydrogen) atoms. The summed E-state index contributed by atoms with van der Waals surface area (Å²) in [6.45, 7) is 4.01. The number of benzene rings is 2. The number of anilines is 5. The molecular formula is C23H24N8O. The van der Waals surface area contributed by atoms with Crippen LogP contribution >= 0.6 is 0 Å². The van der Waals surface area contributed by atoms with E-state index in [9.17, 15) is 4.79 Å². The Morgan fingerprint density at radius 3 is 2.56 bits per heavy atom. The third-order valence-electron chi connectivity index (χ3n) is 5.43. The summed E-state index contributed by atoms with van der Waals surface area (Å²) in [6.07, 6.45) is 1.82. The number of amides is 1. The molecule has 5 rings (SSSR count). The number of primary amides is 1. The molecule has 0 unspecified atom stereocenters. The molecule has 9 heteroatoms. The Bertz CT molecular complexity index is 1240. The predicted molar refractivity (Wildman–Crippen MR) is 127 cm³/mol. The molecule has 2 aromatic carbocycles. The van der Waals surface area contributed by atoms with E-state index in [0.29, 0.717) is 28.7 Å². The second-order valence-corrected chi connectivity index (χ2v) is 7.61. The first-order valence-electron chi connectivity index (χ1n) is 10.5. The average molecular weight is 429 g/mol. The first kappa shape index (κ1) is 19.8. The highest BCUT2D eigenvalue weighted by Gasteiger charge is 2.12. The molecule has 1 fully saturated rings. The van der Waals surface area contributed by atoms with Gasteiger partial charge in [-0.2, -0.15) is 9.97 Å². The van der Waals surface area contributed by atoms with Crippen molar-refractivity contribution in [3.8, 4) is 0 Å². The zero-order chi connectivity index (χ0) is 21.9. The van der Waals surface area contributed by atoms with Crippen molar-refractivity contribution in [3.05, 3.63) is 66.4 Å². The number of fused-ring (bicyclic) bond motifs is 1. The predicted octanol–water partition coefficient (Wildman–Crippen LogP) is 2.95. The van der Waals surface area contributed by atoms with Crippen LogP contribution in [0, 0.1) is 0 Å². The van der Waals surface area contributed by atoms with Crippen molar-refractivity contribution in [1.29, 1.82) is 0 Å². The van der Waals surface area contributed by atoms with E-state index < -0.39 is 5.91 Å². The number of rotatable bonds is 6. The fourth-order valence-corrected chi connectivity index (χ4v) is 3.79. The van der Waals surface area contributed by atoms with Crippen molar-refractivity contribution in [1.82, 2.24) is 20.3 Å². The summed E-state index contributed by atoms with van der Waals surface area (Å²) in [4.78, 5) is 26.3. The maximum Gasteiger partial charge on any atom is 0.248 e. The van der Waals surface area contributed by atoms with E-state index in [0.717, 1.165) is 37.3 Å². The van der Waals surface area contributed by atoms with E-state index in [1.807, 2.05) is 30.5 Å². The quantitative estimate of drug-likeness (QED) is 0.320. The summed E-state index contributed by atoms with van der Waals surface area (Å²) in [7, 11) is 0. The van der Waals surface area contributed by atoms with E-state index in [1.165, 1.54) is 5.69 Å². The highest BCUT2D eigenvalue weighted by Crippen LogP contribution is 2.27. The number of hydrogen-bond donors (Lipinski definition) is 5. The molecule has 1 aliphatic heterocycles. The lowest BCUT2D eigenvalue weighted by Gasteiger charge is -2.29. The van der Waals surface area contributed by atoms with Crippen LogP contribution in [-0.4, -0.2) is 47.0 Å². The third kappa shape index (κ3) is 4.19. The van der Waals surface area contributed by atoms with Crippen molar-refractivity contribution in [2.24, 2.45) is 5.73 Å². The highest BCUT2D eigenvalue weighted by molar-refractivity contribution is 5.95. The van der Waals surface area contributed by atoms with Gasteiger partial charge in [0.1, 0.15) is 11.5 Å². The van der Waals surface area contributed by atoms with Gasteiger partial charge in [-0.15, -0.1) is 0 Å². The number of piperazine rings is 1. The standard InChI is InChI=1S/C23H24N8O/c24-20(32)15-2-1-3-17(14-15)27-22-19-8-9-26-21(19)29-23(30-22)28-16-4-6-18(7-5-16)31-12-10-25-11-13-31/h1-9,14,25H,10-13H2,(H2,24,32)(H3,26,27,28,29,30). The third-order valence-corrected chi connectivity index (χ3v) is 5.43. The van der Waals surface area contributed by atoms with Gasteiger partial charge in [0.2, 0.25) is 11.9 Å². The molecule has 6 N–H and O–H groups in total. The molecule has 1 amide bonds. The summed E-state index contributed by atoms with van der Waals surface area (Å²) < 4.78 is 0. The van der Waals surface area contributed by atoms with Crippen molar-refractivity contribution in [3.63, 3.8) is 0 Å². The summed E-state index contributed by atoms with van der Waals surface area (Å²) in [6, 6.07) is 17.2. The first-order chi connectivity index (χ1) is 15.7. The lowest BCUT2D eigenvalue weighted by atomic mass is 10.2. The molecule has 0 bridgehead atoms. The van der Waals surface area contributed by atoms with E-state index in [-0.39, 0.29) is 0 Å². The SMILES string of the molecule is NC(=O)c1cccc(Nc2nc(Nc3ccc(N4CCNCC4)cc3)nc3[nH]ccc23)c1. The minimum atomic E-state index is -0.477. The van der Waals surface area contributed by atoms with E-state index in [2.05, 4.69) is 47.9 Å². The van der Waals surface area contributed by atoms with Crippen LogP contribution in [0.25, 0.3) is 11.0 Å². The van der Waals surface area contributed by atoms with Crippen molar-refractivity contribution >= 4 is 45.8 Å². The first-order valence-corrected chi connectivity index (χ1v) is 10.5. The monoisotopic (exact) mass is 428 g/mol. The Morgan fingerprint density at radius 2 is 1.78 bits per heavy atom. The normalized spacial score (nSPS) is 13.8. The highest BCUT2D eigenvalue weighted by atomic mass is 16.1. The van der Waals surface area contributed by atoms with Gasteiger partial charge in [0.25, 0.3) is 0 Å². The molecule has 1 aliphatic rings. The molecule has 9 nitrogen and oxygen atoms in total. The Kier molecular flexibility index (Phi) is 5.30. The van der Waals surface area contributed by atoms with Crippen molar-refractivity contribution in [2.45, 2.75) is 0 Å². The number of nitrogens with one attached hydrogen (secondary N) is 4. The van der Waals surface area contributed by atoms with Crippen LogP contribution < -0.4 is 26.6 Å². The molecule has 162 valence electrons. The van der Waals surface area contributed by atoms with Crippen LogP contribution in [-0.2, 0) is 0 Å². The Morgan fingerprint density at radius 1 is 0.969 bits per heavy atom. The molecule has 0 atom stereocenters. The Hall–Kier alpha value is -4.11. The number of aromatic amines is 1. The smallest absolute Gasteiger partial charge is 0.248 e. The van der Waals surface area contributed by atoms with E-state index in [1.54, 1.807) is 18.2 Å².